The van der Waals surface area contributed by atoms with E-state index in [9.17, 15) is 9.59 Å². The van der Waals surface area contributed by atoms with Crippen molar-refractivity contribution in [2.45, 2.75) is 19.4 Å². The summed E-state index contributed by atoms with van der Waals surface area (Å²) in [6.07, 6.45) is 0.557. The molecular formula is C18H19N3O4. The maximum atomic E-state index is 12.2. The summed E-state index contributed by atoms with van der Waals surface area (Å²) in [4.78, 5) is 25.3. The zero-order chi connectivity index (χ0) is 18.0. The summed E-state index contributed by atoms with van der Waals surface area (Å²) in [7, 11) is 1.53. The average molecular weight is 341 g/mol. The predicted octanol–water partition coefficient (Wildman–Crippen LogP) is 2.90. The summed E-state index contributed by atoms with van der Waals surface area (Å²) < 4.78 is 10.9. The highest BCUT2D eigenvalue weighted by atomic mass is 16.5. The first-order valence-electron chi connectivity index (χ1n) is 7.89. The van der Waals surface area contributed by atoms with Crippen molar-refractivity contribution in [1.29, 1.82) is 0 Å². The van der Waals surface area contributed by atoms with Crippen molar-refractivity contribution in [1.82, 2.24) is 5.32 Å². The van der Waals surface area contributed by atoms with E-state index in [0.29, 0.717) is 35.0 Å². The quantitative estimate of drug-likeness (QED) is 0.644. The normalized spacial score (nSPS) is 16.7. The number of carbonyl (C=O) groups is 2. The second kappa shape index (κ2) is 6.72. The number of hydrogen-bond donors (Lipinski definition) is 2. The molecule has 1 heterocycles. The number of nitrogens with two attached hydrogens (primary N) is 1. The van der Waals surface area contributed by atoms with Gasteiger partial charge in [-0.3, -0.25) is 4.79 Å². The first kappa shape index (κ1) is 16.6. The van der Waals surface area contributed by atoms with Gasteiger partial charge in [-0.25, -0.2) is 9.69 Å². The van der Waals surface area contributed by atoms with Gasteiger partial charge in [0.15, 0.2) is 0 Å². The Morgan fingerprint density at radius 1 is 1.12 bits per heavy atom. The summed E-state index contributed by atoms with van der Waals surface area (Å²) in [6.45, 7) is 1.85. The number of nitrogens with zero attached hydrogens (tertiary/aromatic N) is 1. The molecule has 3 rings (SSSR count). The number of imide groups is 1. The minimum atomic E-state index is -0.467. The lowest BCUT2D eigenvalue weighted by atomic mass is 10.2. The molecule has 0 radical (unpaired) electrons. The van der Waals surface area contributed by atoms with Crippen LogP contribution in [0.15, 0.2) is 42.5 Å². The summed E-state index contributed by atoms with van der Waals surface area (Å²) in [5.74, 6) is 1.41. The van der Waals surface area contributed by atoms with Crippen LogP contribution in [-0.2, 0) is 4.79 Å². The maximum absolute atomic E-state index is 12.2. The highest BCUT2D eigenvalue weighted by Crippen LogP contribution is 2.31. The molecule has 3 N–H and O–H groups in total. The fourth-order valence-corrected chi connectivity index (χ4v) is 2.61. The lowest BCUT2D eigenvalue weighted by Gasteiger charge is -2.14. The van der Waals surface area contributed by atoms with E-state index < -0.39 is 12.1 Å². The largest absolute Gasteiger partial charge is 0.494 e. The van der Waals surface area contributed by atoms with E-state index in [1.165, 1.54) is 7.11 Å². The van der Waals surface area contributed by atoms with Crippen LogP contribution in [0.4, 0.5) is 16.2 Å². The topological polar surface area (TPSA) is 93.9 Å². The Kier molecular flexibility index (Phi) is 4.47. The molecule has 1 aliphatic rings. The van der Waals surface area contributed by atoms with Gasteiger partial charge in [-0.1, -0.05) is 6.92 Å². The van der Waals surface area contributed by atoms with Gasteiger partial charge >= 0.3 is 6.03 Å². The molecule has 0 saturated carbocycles. The molecule has 2 aromatic rings. The van der Waals surface area contributed by atoms with Gasteiger partial charge in [0.1, 0.15) is 23.3 Å². The first-order chi connectivity index (χ1) is 12.0. The third kappa shape index (κ3) is 3.21. The SMILES string of the molecule is CC[C@H]1NC(=O)N(c2ccc(Oc3ccc(N)c(OC)c3)cc2)C1=O. The minimum absolute atomic E-state index is 0.246. The Morgan fingerprint density at radius 2 is 1.80 bits per heavy atom. The molecule has 1 aliphatic heterocycles. The molecule has 0 unspecified atom stereocenters. The van der Waals surface area contributed by atoms with Crippen LogP contribution in [0, 0.1) is 0 Å². The van der Waals surface area contributed by atoms with Crippen LogP contribution >= 0.6 is 0 Å². The molecule has 2 aromatic carbocycles. The van der Waals surface area contributed by atoms with Crippen molar-refractivity contribution < 1.29 is 19.1 Å². The van der Waals surface area contributed by atoms with Crippen molar-refractivity contribution in [3.8, 4) is 17.2 Å². The van der Waals surface area contributed by atoms with Gasteiger partial charge in [0.2, 0.25) is 0 Å². The Balaban J connectivity index is 1.77. The van der Waals surface area contributed by atoms with Crippen LogP contribution < -0.4 is 25.4 Å². The molecule has 130 valence electrons. The second-order valence-corrected chi connectivity index (χ2v) is 5.58. The standard InChI is InChI=1S/C18H19N3O4/c1-3-15-17(22)21(18(23)20-15)11-4-6-12(7-5-11)25-13-8-9-14(19)16(10-13)24-2/h4-10,15H,3,19H2,1-2H3,(H,20,23)/t15-/m1/s1. The Bertz CT molecular complexity index is 804. The van der Waals surface area contributed by atoms with Crippen LogP contribution in [0.5, 0.6) is 17.2 Å². The van der Waals surface area contributed by atoms with E-state index >= 15 is 0 Å². The van der Waals surface area contributed by atoms with E-state index in [4.69, 9.17) is 15.2 Å². The molecule has 25 heavy (non-hydrogen) atoms. The molecular weight excluding hydrogens is 322 g/mol. The highest BCUT2D eigenvalue weighted by molar-refractivity contribution is 6.21. The van der Waals surface area contributed by atoms with Gasteiger partial charge in [0.05, 0.1) is 18.5 Å². The van der Waals surface area contributed by atoms with E-state index in [1.54, 1.807) is 42.5 Å². The fourth-order valence-electron chi connectivity index (χ4n) is 2.61. The smallest absolute Gasteiger partial charge is 0.329 e. The Hall–Kier alpha value is -3.22. The number of hydrogen-bond acceptors (Lipinski definition) is 5. The van der Waals surface area contributed by atoms with Crippen LogP contribution in [0.25, 0.3) is 0 Å². The number of carbonyl (C=O) groups excluding carboxylic acids is 2. The molecule has 3 amide bonds. The van der Waals surface area contributed by atoms with Crippen LogP contribution in [-0.4, -0.2) is 25.1 Å². The second-order valence-electron chi connectivity index (χ2n) is 5.58. The van der Waals surface area contributed by atoms with E-state index in [0.717, 1.165) is 4.90 Å². The summed E-state index contributed by atoms with van der Waals surface area (Å²) in [6, 6.07) is 11.0. The van der Waals surface area contributed by atoms with E-state index in [-0.39, 0.29) is 5.91 Å². The monoisotopic (exact) mass is 341 g/mol. The molecule has 0 aliphatic carbocycles. The highest BCUT2D eigenvalue weighted by Gasteiger charge is 2.37. The first-order valence-corrected chi connectivity index (χ1v) is 7.89. The fraction of sp³-hybridized carbons (Fsp3) is 0.222. The molecule has 1 fully saturated rings. The molecule has 0 bridgehead atoms. The zero-order valence-electron chi connectivity index (χ0n) is 14.0. The van der Waals surface area contributed by atoms with Crippen molar-refractivity contribution in [3.63, 3.8) is 0 Å². The summed E-state index contributed by atoms with van der Waals surface area (Å²) in [5.41, 5.74) is 6.80. The number of methoxy groups -OCH3 is 1. The van der Waals surface area contributed by atoms with Crippen molar-refractivity contribution in [2.75, 3.05) is 17.7 Å². The van der Waals surface area contributed by atoms with Gasteiger partial charge in [0.25, 0.3) is 5.91 Å². The minimum Gasteiger partial charge on any atom is -0.494 e. The molecule has 0 aromatic heterocycles. The Morgan fingerprint density at radius 3 is 2.40 bits per heavy atom. The number of nitrogen functional groups attached to an aromatic ring is 1. The van der Waals surface area contributed by atoms with Gasteiger partial charge in [-0.15, -0.1) is 0 Å². The summed E-state index contributed by atoms with van der Waals surface area (Å²) >= 11 is 0. The predicted molar refractivity (Wildman–Crippen MR) is 94.0 cm³/mol. The van der Waals surface area contributed by atoms with Crippen molar-refractivity contribution >= 4 is 23.3 Å². The number of rotatable bonds is 5. The molecule has 0 spiro atoms. The van der Waals surface area contributed by atoms with Crippen molar-refractivity contribution in [2.24, 2.45) is 0 Å². The average Bonchev–Trinajstić information content (AvgIpc) is 2.91. The van der Waals surface area contributed by atoms with Gasteiger partial charge in [-0.2, -0.15) is 0 Å². The lowest BCUT2D eigenvalue weighted by Crippen LogP contribution is -2.31. The lowest BCUT2D eigenvalue weighted by molar-refractivity contribution is -0.118. The summed E-state index contributed by atoms with van der Waals surface area (Å²) in [5, 5.41) is 2.65. The van der Waals surface area contributed by atoms with Gasteiger partial charge in [0, 0.05) is 6.07 Å². The maximum Gasteiger partial charge on any atom is 0.329 e. The van der Waals surface area contributed by atoms with Crippen molar-refractivity contribution in [3.05, 3.63) is 42.5 Å². The number of ether oxygens (including phenoxy) is 2. The molecule has 7 nitrogen and oxygen atoms in total. The third-order valence-corrected chi connectivity index (χ3v) is 3.96. The van der Waals surface area contributed by atoms with Crippen LogP contribution in [0.3, 0.4) is 0 Å². The van der Waals surface area contributed by atoms with E-state index in [2.05, 4.69) is 5.32 Å². The Labute approximate surface area is 145 Å². The zero-order valence-corrected chi connectivity index (χ0v) is 14.0. The van der Waals surface area contributed by atoms with Crippen LogP contribution in [0.2, 0.25) is 0 Å². The number of nitrogens with one attached hydrogen (secondary N) is 1. The van der Waals surface area contributed by atoms with E-state index in [1.807, 2.05) is 6.92 Å². The third-order valence-electron chi connectivity index (χ3n) is 3.96. The molecule has 7 heteroatoms. The number of benzene rings is 2. The molecule has 1 saturated heterocycles. The number of urea groups is 1. The molecule has 1 atom stereocenters. The number of anilines is 2. The number of amides is 3. The van der Waals surface area contributed by atoms with Gasteiger partial charge < -0.3 is 20.5 Å². The van der Waals surface area contributed by atoms with Crippen LogP contribution in [0.1, 0.15) is 13.3 Å². The van der Waals surface area contributed by atoms with Gasteiger partial charge in [-0.05, 0) is 42.8 Å².